The smallest absolute Gasteiger partial charge is 0.460 e. The average Bonchev–Trinajstić information content (AvgIpc) is 2.75. The minimum Gasteiger partial charge on any atom is -0.743 e. The standard InChI is InChI=1S/C18H39S.C4HF9O3S/c1-4-7-10-13-16-19(17-14-11-8-5-2)18-15-12-9-6-3;5-1(6,3(9,10)11)2(7,8)4(12,13)17(14,15)16/h4-18H2,1-3H3;(H,14,15,16)/q+1;/p-1. The first-order chi connectivity index (χ1) is 16.3. The SMILES string of the molecule is CCCCCC[S+](CCCCCC)CCCCCC.O=S(=O)([O-])C(F)(F)C(F)(F)C(F)(F)C(F)(F)F. The predicted molar refractivity (Wildman–Crippen MR) is 125 cm³/mol. The summed E-state index contributed by atoms with van der Waals surface area (Å²) in [4.78, 5) is 0. The zero-order valence-corrected chi connectivity index (χ0v) is 22.7. The maximum atomic E-state index is 12.2. The number of rotatable bonds is 18. The molecule has 36 heavy (non-hydrogen) atoms. The molecule has 0 aliphatic heterocycles. The van der Waals surface area contributed by atoms with Gasteiger partial charge in [-0.2, -0.15) is 39.5 Å². The zero-order valence-electron chi connectivity index (χ0n) is 21.0. The van der Waals surface area contributed by atoms with Gasteiger partial charge in [-0.05, 0) is 49.4 Å². The highest BCUT2D eigenvalue weighted by Gasteiger charge is 2.83. The van der Waals surface area contributed by atoms with Crippen LogP contribution in [0.1, 0.15) is 97.8 Å². The first-order valence-electron chi connectivity index (χ1n) is 12.1. The highest BCUT2D eigenvalue weighted by Crippen LogP contribution is 2.54. The van der Waals surface area contributed by atoms with E-state index in [-0.39, 0.29) is 0 Å². The van der Waals surface area contributed by atoms with Crippen molar-refractivity contribution in [1.82, 2.24) is 0 Å². The third-order valence-corrected chi connectivity index (χ3v) is 8.77. The first kappa shape index (κ1) is 37.8. The van der Waals surface area contributed by atoms with Crippen molar-refractivity contribution < 1.29 is 52.5 Å². The topological polar surface area (TPSA) is 57.2 Å². The predicted octanol–water partition coefficient (Wildman–Crippen LogP) is 8.30. The molecule has 0 aliphatic rings. The molecule has 0 aromatic rings. The molecule has 0 atom stereocenters. The number of unbranched alkanes of at least 4 members (excludes halogenated alkanes) is 9. The van der Waals surface area contributed by atoms with Crippen LogP contribution in [0.25, 0.3) is 0 Å². The van der Waals surface area contributed by atoms with Gasteiger partial charge in [0.2, 0.25) is 0 Å². The van der Waals surface area contributed by atoms with Crippen LogP contribution < -0.4 is 0 Å². The molecule has 0 amide bonds. The fourth-order valence-electron chi connectivity index (χ4n) is 3.02. The molecule has 0 saturated carbocycles. The number of alkyl halides is 9. The van der Waals surface area contributed by atoms with E-state index in [9.17, 15) is 52.5 Å². The summed E-state index contributed by atoms with van der Waals surface area (Å²) in [7, 11) is -6.65. The van der Waals surface area contributed by atoms with Crippen LogP contribution in [-0.4, -0.2) is 53.5 Å². The summed E-state index contributed by atoms with van der Waals surface area (Å²) in [6.07, 6.45) is 10.2. The lowest BCUT2D eigenvalue weighted by atomic mass is 10.1. The highest BCUT2D eigenvalue weighted by molar-refractivity contribution is 7.96. The van der Waals surface area contributed by atoms with Gasteiger partial charge in [0.25, 0.3) is 0 Å². The highest BCUT2D eigenvalue weighted by atomic mass is 32.2. The summed E-state index contributed by atoms with van der Waals surface area (Å²) in [6.45, 7) is 6.94. The van der Waals surface area contributed by atoms with Gasteiger partial charge in [-0.3, -0.25) is 0 Å². The van der Waals surface area contributed by atoms with Gasteiger partial charge in [-0.25, -0.2) is 8.42 Å². The summed E-state index contributed by atoms with van der Waals surface area (Å²) in [5, 5.41) is -7.11. The van der Waals surface area contributed by atoms with E-state index < -0.39 is 33.4 Å². The van der Waals surface area contributed by atoms with Gasteiger partial charge in [-0.15, -0.1) is 0 Å². The fourth-order valence-corrected chi connectivity index (χ4v) is 5.91. The zero-order chi connectivity index (χ0) is 28.7. The van der Waals surface area contributed by atoms with Gasteiger partial charge in [0.05, 0.1) is 0 Å². The molecule has 0 unspecified atom stereocenters. The molecule has 0 aromatic carbocycles. The third-order valence-electron chi connectivity index (χ3n) is 5.29. The average molecular weight is 587 g/mol. The molecule has 220 valence electrons. The van der Waals surface area contributed by atoms with Crippen molar-refractivity contribution in [3.05, 3.63) is 0 Å². The van der Waals surface area contributed by atoms with Gasteiger partial charge in [0.15, 0.2) is 10.1 Å². The van der Waals surface area contributed by atoms with Crippen molar-refractivity contribution in [2.75, 3.05) is 17.3 Å². The molecule has 0 spiro atoms. The van der Waals surface area contributed by atoms with Crippen molar-refractivity contribution in [2.24, 2.45) is 0 Å². The molecular weight excluding hydrogens is 547 g/mol. The lowest BCUT2D eigenvalue weighted by Crippen LogP contribution is -2.63. The Morgan fingerprint density at radius 3 is 1.08 bits per heavy atom. The molecule has 0 bridgehead atoms. The van der Waals surface area contributed by atoms with E-state index >= 15 is 0 Å². The summed E-state index contributed by atoms with van der Waals surface area (Å²) < 4.78 is 135. The minimum atomic E-state index is -7.43. The largest absolute Gasteiger partial charge is 0.743 e. The minimum absolute atomic E-state index is 0.765. The molecule has 0 saturated heterocycles. The molecule has 0 radical (unpaired) electrons. The fraction of sp³-hybridized carbons (Fsp3) is 1.00. The van der Waals surface area contributed by atoms with Crippen molar-refractivity contribution in [1.29, 1.82) is 0 Å². The van der Waals surface area contributed by atoms with Gasteiger partial charge < -0.3 is 4.55 Å². The van der Waals surface area contributed by atoms with E-state index in [1.807, 2.05) is 0 Å². The van der Waals surface area contributed by atoms with Crippen molar-refractivity contribution in [3.8, 4) is 0 Å². The van der Waals surface area contributed by atoms with E-state index in [0.717, 1.165) is 10.9 Å². The second-order valence-electron chi connectivity index (χ2n) is 8.52. The second kappa shape index (κ2) is 17.3. The van der Waals surface area contributed by atoms with E-state index in [1.165, 1.54) is 94.3 Å². The number of hydrogen-bond acceptors (Lipinski definition) is 3. The van der Waals surface area contributed by atoms with Gasteiger partial charge >= 0.3 is 23.3 Å². The van der Waals surface area contributed by atoms with Gasteiger partial charge in [-0.1, -0.05) is 59.3 Å². The van der Waals surface area contributed by atoms with Crippen molar-refractivity contribution in [3.63, 3.8) is 0 Å². The van der Waals surface area contributed by atoms with Crippen LogP contribution in [0, 0.1) is 0 Å². The molecule has 0 heterocycles. The Hall–Kier alpha value is -0.370. The number of halogens is 9. The number of hydrogen-bond donors (Lipinski definition) is 0. The molecule has 0 aliphatic carbocycles. The van der Waals surface area contributed by atoms with E-state index in [1.54, 1.807) is 0 Å². The lowest BCUT2D eigenvalue weighted by Gasteiger charge is -2.34. The van der Waals surface area contributed by atoms with Crippen molar-refractivity contribution in [2.45, 2.75) is 121 Å². The normalized spacial score (nSPS) is 13.6. The maximum Gasteiger partial charge on any atom is 0.460 e. The Labute approximate surface area is 212 Å². The van der Waals surface area contributed by atoms with Crippen LogP contribution in [0.15, 0.2) is 0 Å². The molecule has 0 N–H and O–H groups in total. The van der Waals surface area contributed by atoms with Crippen LogP contribution >= 0.6 is 0 Å². The van der Waals surface area contributed by atoms with Crippen molar-refractivity contribution >= 4 is 21.0 Å². The molecule has 14 heteroatoms. The first-order valence-corrected chi connectivity index (χ1v) is 15.3. The summed E-state index contributed by atoms with van der Waals surface area (Å²) >= 11 is 0. The Morgan fingerprint density at radius 2 is 0.861 bits per heavy atom. The van der Waals surface area contributed by atoms with Gasteiger partial charge in [0.1, 0.15) is 17.3 Å². The Balaban J connectivity index is 0. The van der Waals surface area contributed by atoms with Crippen LogP contribution in [-0.2, 0) is 21.0 Å². The molecular formula is C22H39F9O3S2. The van der Waals surface area contributed by atoms with Crippen LogP contribution in [0.3, 0.4) is 0 Å². The second-order valence-corrected chi connectivity index (χ2v) is 12.4. The molecule has 0 fully saturated rings. The Kier molecular flexibility index (Phi) is 18.1. The van der Waals surface area contributed by atoms with E-state index in [2.05, 4.69) is 20.8 Å². The Bertz CT molecular complexity index is 642. The lowest BCUT2D eigenvalue weighted by molar-refractivity contribution is -0.382. The quantitative estimate of drug-likeness (QED) is 0.0703. The van der Waals surface area contributed by atoms with Crippen LogP contribution in [0.4, 0.5) is 39.5 Å². The van der Waals surface area contributed by atoms with E-state index in [4.69, 9.17) is 0 Å². The van der Waals surface area contributed by atoms with Crippen LogP contribution in [0.2, 0.25) is 0 Å². The maximum absolute atomic E-state index is 12.2. The Morgan fingerprint density at radius 1 is 0.556 bits per heavy atom. The third kappa shape index (κ3) is 12.4. The molecule has 0 rings (SSSR count). The molecule has 0 aromatic heterocycles. The molecule has 3 nitrogen and oxygen atoms in total. The summed E-state index contributed by atoms with van der Waals surface area (Å²) in [5.74, 6) is -10.2. The van der Waals surface area contributed by atoms with Gasteiger partial charge in [0, 0.05) is 0 Å². The summed E-state index contributed by atoms with van der Waals surface area (Å²) in [5.41, 5.74) is 0. The monoisotopic (exact) mass is 586 g/mol. The van der Waals surface area contributed by atoms with E-state index in [0.29, 0.717) is 0 Å². The van der Waals surface area contributed by atoms with Crippen LogP contribution in [0.5, 0.6) is 0 Å². The summed E-state index contributed by atoms with van der Waals surface area (Å²) in [6, 6.07) is 0.